The Labute approximate surface area is 152 Å². The second-order valence-corrected chi connectivity index (χ2v) is 6.02. The maximum Gasteiger partial charge on any atom is 0.164 e. The molecule has 124 valence electrons. The summed E-state index contributed by atoms with van der Waals surface area (Å²) in [4.78, 5) is 0. The van der Waals surface area contributed by atoms with E-state index in [2.05, 4.69) is 31.1 Å². The molecule has 0 N–H and O–H groups in total. The van der Waals surface area contributed by atoms with Crippen LogP contribution in [0.1, 0.15) is 11.6 Å². The summed E-state index contributed by atoms with van der Waals surface area (Å²) in [6.45, 7) is 0. The molecule has 0 fully saturated rings. The Morgan fingerprint density at radius 1 is 0.640 bits per heavy atom. The van der Waals surface area contributed by atoms with Gasteiger partial charge in [-0.1, -0.05) is 23.2 Å². The Hall–Kier alpha value is -2.84. The lowest BCUT2D eigenvalue weighted by Crippen LogP contribution is -2.09. The number of tetrazole rings is 2. The van der Waals surface area contributed by atoms with Gasteiger partial charge in [0.1, 0.15) is 0 Å². The first-order chi connectivity index (χ1) is 12.2. The summed E-state index contributed by atoms with van der Waals surface area (Å²) in [5.41, 5.74) is 1.60. The first-order valence-corrected chi connectivity index (χ1v) is 8.03. The van der Waals surface area contributed by atoms with Crippen molar-refractivity contribution in [2.24, 2.45) is 0 Å². The van der Waals surface area contributed by atoms with Crippen LogP contribution in [0.4, 0.5) is 0 Å². The van der Waals surface area contributed by atoms with Crippen molar-refractivity contribution >= 4 is 23.2 Å². The lowest BCUT2D eigenvalue weighted by Gasteiger charge is -2.06. The van der Waals surface area contributed by atoms with Crippen LogP contribution < -0.4 is 0 Å². The molecule has 2 aromatic heterocycles. The van der Waals surface area contributed by atoms with Crippen LogP contribution in [0.2, 0.25) is 10.0 Å². The molecule has 4 rings (SSSR count). The van der Waals surface area contributed by atoms with Crippen molar-refractivity contribution in [2.45, 2.75) is 6.42 Å². The molecule has 0 bridgehead atoms. The largest absolute Gasteiger partial charge is 0.197 e. The van der Waals surface area contributed by atoms with Crippen molar-refractivity contribution in [3.63, 3.8) is 0 Å². The smallest absolute Gasteiger partial charge is 0.164 e. The second-order valence-electron chi connectivity index (χ2n) is 5.14. The monoisotopic (exact) mass is 372 g/mol. The minimum atomic E-state index is 0.352. The molecule has 0 spiro atoms. The maximum absolute atomic E-state index is 5.93. The molecule has 2 heterocycles. The molecule has 0 aliphatic carbocycles. The number of benzene rings is 2. The van der Waals surface area contributed by atoms with Gasteiger partial charge in [-0.3, -0.25) is 0 Å². The zero-order valence-electron chi connectivity index (χ0n) is 12.7. The summed E-state index contributed by atoms with van der Waals surface area (Å²) in [5.74, 6) is 1.21. The fourth-order valence-corrected chi connectivity index (χ4v) is 2.59. The van der Waals surface area contributed by atoms with Crippen LogP contribution in [0.15, 0.2) is 48.5 Å². The Bertz CT molecular complexity index is 909. The minimum absolute atomic E-state index is 0.352. The predicted octanol–water partition coefficient (Wildman–Crippen LogP) is 2.54. The van der Waals surface area contributed by atoms with Gasteiger partial charge in [0.2, 0.25) is 0 Å². The summed E-state index contributed by atoms with van der Waals surface area (Å²) in [6.07, 6.45) is 0.352. The van der Waals surface area contributed by atoms with Crippen LogP contribution in [0.5, 0.6) is 0 Å². The van der Waals surface area contributed by atoms with E-state index in [4.69, 9.17) is 23.2 Å². The normalized spacial score (nSPS) is 11.0. The van der Waals surface area contributed by atoms with Gasteiger partial charge in [0, 0.05) is 10.0 Å². The molecular formula is C15H10Cl2N8. The van der Waals surface area contributed by atoms with Crippen LogP contribution in [0.3, 0.4) is 0 Å². The van der Waals surface area contributed by atoms with E-state index in [1.54, 1.807) is 33.6 Å². The fraction of sp³-hybridized carbons (Fsp3) is 0.0667. The summed E-state index contributed by atoms with van der Waals surface area (Å²) in [5, 5.41) is 25.0. The van der Waals surface area contributed by atoms with Crippen molar-refractivity contribution in [3.8, 4) is 11.4 Å². The van der Waals surface area contributed by atoms with E-state index in [9.17, 15) is 0 Å². The van der Waals surface area contributed by atoms with Crippen LogP contribution in [-0.4, -0.2) is 40.4 Å². The molecule has 0 aliphatic heterocycles. The van der Waals surface area contributed by atoms with E-state index < -0.39 is 0 Å². The molecule has 0 saturated carbocycles. The Morgan fingerprint density at radius 2 is 1.04 bits per heavy atom. The van der Waals surface area contributed by atoms with Crippen molar-refractivity contribution in [1.29, 1.82) is 0 Å². The topological polar surface area (TPSA) is 87.2 Å². The van der Waals surface area contributed by atoms with Gasteiger partial charge in [-0.2, -0.15) is 9.36 Å². The van der Waals surface area contributed by atoms with Gasteiger partial charge in [-0.15, -0.1) is 10.2 Å². The quantitative estimate of drug-likeness (QED) is 0.546. The van der Waals surface area contributed by atoms with Gasteiger partial charge in [0.25, 0.3) is 0 Å². The lowest BCUT2D eigenvalue weighted by atomic mass is 10.3. The number of rotatable bonds is 4. The third-order valence-electron chi connectivity index (χ3n) is 3.53. The van der Waals surface area contributed by atoms with Crippen LogP contribution in [-0.2, 0) is 6.42 Å². The Morgan fingerprint density at radius 3 is 1.44 bits per heavy atom. The maximum atomic E-state index is 5.93. The zero-order valence-corrected chi connectivity index (χ0v) is 14.2. The van der Waals surface area contributed by atoms with E-state index >= 15 is 0 Å². The summed E-state index contributed by atoms with van der Waals surface area (Å²) < 4.78 is 3.24. The number of hydrogen-bond donors (Lipinski definition) is 0. The van der Waals surface area contributed by atoms with E-state index in [0.29, 0.717) is 28.1 Å². The number of nitrogens with zero attached hydrogens (tertiary/aromatic N) is 8. The average Bonchev–Trinajstić information content (AvgIpc) is 3.26. The summed E-state index contributed by atoms with van der Waals surface area (Å²) in [7, 11) is 0. The molecule has 0 atom stereocenters. The van der Waals surface area contributed by atoms with Crippen molar-refractivity contribution in [2.75, 3.05) is 0 Å². The minimum Gasteiger partial charge on any atom is -0.197 e. The van der Waals surface area contributed by atoms with Gasteiger partial charge in [0.15, 0.2) is 11.6 Å². The van der Waals surface area contributed by atoms with Crippen molar-refractivity contribution < 1.29 is 0 Å². The van der Waals surface area contributed by atoms with E-state index in [0.717, 1.165) is 11.4 Å². The molecule has 25 heavy (non-hydrogen) atoms. The zero-order chi connectivity index (χ0) is 17.2. The highest BCUT2D eigenvalue weighted by Gasteiger charge is 2.15. The van der Waals surface area contributed by atoms with E-state index in [-0.39, 0.29) is 0 Å². The highest BCUT2D eigenvalue weighted by Crippen LogP contribution is 2.17. The predicted molar refractivity (Wildman–Crippen MR) is 91.1 cm³/mol. The van der Waals surface area contributed by atoms with Gasteiger partial charge in [-0.05, 0) is 69.4 Å². The molecule has 0 amide bonds. The molecule has 0 unspecified atom stereocenters. The molecule has 0 radical (unpaired) electrons. The highest BCUT2D eigenvalue weighted by atomic mass is 35.5. The lowest BCUT2D eigenvalue weighted by molar-refractivity contribution is 0.740. The molecule has 0 aliphatic rings. The summed E-state index contributed by atoms with van der Waals surface area (Å²) in [6, 6.07) is 14.5. The third kappa shape index (κ3) is 3.21. The van der Waals surface area contributed by atoms with Crippen molar-refractivity contribution in [1.82, 2.24) is 40.4 Å². The molecule has 8 nitrogen and oxygen atoms in total. The summed E-state index contributed by atoms with van der Waals surface area (Å²) >= 11 is 11.9. The molecule has 0 saturated heterocycles. The molecular weight excluding hydrogens is 363 g/mol. The number of halogens is 2. The van der Waals surface area contributed by atoms with Crippen LogP contribution in [0, 0.1) is 0 Å². The standard InChI is InChI=1S/C15H10Cl2N8/c16-10-1-5-12(6-2-10)24-14(18-20-22-24)9-15-19-21-23-25(15)13-7-3-11(17)4-8-13/h1-8H,9H2. The fourth-order valence-electron chi connectivity index (χ4n) is 2.34. The SMILES string of the molecule is Clc1ccc(-n2nnnc2Cc2nnnn2-c2ccc(Cl)cc2)cc1. The number of hydrogen-bond acceptors (Lipinski definition) is 6. The number of aromatic nitrogens is 8. The molecule has 2 aromatic carbocycles. The second kappa shape index (κ2) is 6.58. The van der Waals surface area contributed by atoms with Gasteiger partial charge >= 0.3 is 0 Å². The highest BCUT2D eigenvalue weighted by molar-refractivity contribution is 6.30. The van der Waals surface area contributed by atoms with Crippen LogP contribution in [0.25, 0.3) is 11.4 Å². The van der Waals surface area contributed by atoms with Gasteiger partial charge in [-0.25, -0.2) is 0 Å². The average molecular weight is 373 g/mol. The Kier molecular flexibility index (Phi) is 4.12. The van der Waals surface area contributed by atoms with Gasteiger partial charge in [0.05, 0.1) is 17.8 Å². The van der Waals surface area contributed by atoms with E-state index in [1.807, 2.05) is 24.3 Å². The first kappa shape index (κ1) is 15.7. The van der Waals surface area contributed by atoms with Crippen LogP contribution >= 0.6 is 23.2 Å². The van der Waals surface area contributed by atoms with Gasteiger partial charge < -0.3 is 0 Å². The Balaban J connectivity index is 1.67. The molecule has 10 heteroatoms. The molecule has 4 aromatic rings. The third-order valence-corrected chi connectivity index (χ3v) is 4.03. The first-order valence-electron chi connectivity index (χ1n) is 7.27. The van der Waals surface area contributed by atoms with E-state index in [1.165, 1.54) is 0 Å². The van der Waals surface area contributed by atoms with Crippen molar-refractivity contribution in [3.05, 3.63) is 70.2 Å².